The minimum absolute atomic E-state index is 0.456. The molecule has 2 fully saturated rings. The molecule has 2 aliphatic heterocycles. The minimum Gasteiger partial charge on any atom is -0.342 e. The molecule has 0 radical (unpaired) electrons. The molecule has 0 aliphatic carbocycles. The Morgan fingerprint density at radius 3 is 1.97 bits per heavy atom. The van der Waals surface area contributed by atoms with Crippen molar-refractivity contribution in [2.75, 3.05) is 31.1 Å². The number of rotatable bonds is 3. The topological polar surface area (TPSA) is 41.6 Å². The summed E-state index contributed by atoms with van der Waals surface area (Å²) in [7, 11) is 0. The highest BCUT2D eigenvalue weighted by Gasteiger charge is 2.24. The average Bonchev–Trinajstić information content (AvgIpc) is 2.90. The van der Waals surface area contributed by atoms with Crippen LogP contribution in [0, 0.1) is 9.54 Å². The lowest BCUT2D eigenvalue weighted by molar-refractivity contribution is 0.332. The second-order valence-corrected chi connectivity index (χ2v) is 9.56. The van der Waals surface area contributed by atoms with Crippen LogP contribution in [0.15, 0.2) is 65.7 Å². The van der Waals surface area contributed by atoms with Crippen LogP contribution >= 0.6 is 24.4 Å². The zero-order valence-corrected chi connectivity index (χ0v) is 21.0. The molecule has 5 rings (SSSR count). The van der Waals surface area contributed by atoms with Crippen LogP contribution in [-0.2, 0) is 0 Å². The Labute approximate surface area is 211 Å². The third-order valence-corrected chi connectivity index (χ3v) is 7.09. The Balaban J connectivity index is 1.73. The third-order valence-electron chi connectivity index (χ3n) is 6.45. The summed E-state index contributed by atoms with van der Waals surface area (Å²) >= 11 is 12.1. The first-order valence-corrected chi connectivity index (χ1v) is 13.0. The second-order valence-electron chi connectivity index (χ2n) is 8.83. The van der Waals surface area contributed by atoms with E-state index in [0.29, 0.717) is 9.54 Å². The molecule has 176 valence electrons. The van der Waals surface area contributed by atoms with Gasteiger partial charge in [-0.05, 0) is 87.2 Å². The van der Waals surface area contributed by atoms with Crippen LogP contribution in [0.3, 0.4) is 0 Å². The van der Waals surface area contributed by atoms with Gasteiger partial charge in [0.25, 0.3) is 0 Å². The molecule has 0 unspecified atom stereocenters. The molecule has 34 heavy (non-hydrogen) atoms. The molecule has 0 spiro atoms. The van der Waals surface area contributed by atoms with Crippen LogP contribution in [0.2, 0.25) is 0 Å². The summed E-state index contributed by atoms with van der Waals surface area (Å²) in [6.07, 6.45) is 7.05. The van der Waals surface area contributed by atoms with Gasteiger partial charge in [0.2, 0.25) is 16.7 Å². The van der Waals surface area contributed by atoms with Crippen LogP contribution in [0.5, 0.6) is 0 Å². The maximum atomic E-state index is 6.17. The zero-order valence-electron chi connectivity index (χ0n) is 19.3. The van der Waals surface area contributed by atoms with Crippen molar-refractivity contribution in [2.45, 2.75) is 38.5 Å². The number of likely N-dealkylation sites (tertiary alicyclic amines) is 1. The largest absolute Gasteiger partial charge is 0.342 e. The van der Waals surface area contributed by atoms with E-state index in [0.717, 1.165) is 75.1 Å². The minimum atomic E-state index is 0.456. The summed E-state index contributed by atoms with van der Waals surface area (Å²) in [5, 5.41) is 0. The predicted octanol–water partition coefficient (Wildman–Crippen LogP) is 6.14. The number of para-hydroxylation sites is 2. The molecule has 6 nitrogen and oxygen atoms in total. The van der Waals surface area contributed by atoms with Crippen molar-refractivity contribution in [1.29, 1.82) is 0 Å². The van der Waals surface area contributed by atoms with Gasteiger partial charge in [-0.1, -0.05) is 36.4 Å². The van der Waals surface area contributed by atoms with Crippen molar-refractivity contribution >= 4 is 42.0 Å². The molecule has 0 saturated carbocycles. The average molecular weight is 491 g/mol. The van der Waals surface area contributed by atoms with E-state index in [4.69, 9.17) is 34.4 Å². The maximum Gasteiger partial charge on any atom is 0.215 e. The van der Waals surface area contributed by atoms with Gasteiger partial charge in [0.1, 0.15) is 0 Å². The maximum absolute atomic E-state index is 6.17. The van der Waals surface area contributed by atoms with Gasteiger partial charge in [0, 0.05) is 26.2 Å². The molecule has 8 heteroatoms. The van der Waals surface area contributed by atoms with Crippen molar-refractivity contribution < 1.29 is 0 Å². The van der Waals surface area contributed by atoms with Crippen LogP contribution < -0.4 is 4.90 Å². The fourth-order valence-corrected chi connectivity index (χ4v) is 5.37. The standard InChI is InChI=1S/C26H30N6S2/c33-25-28-24(30-19-11-4-12-20-30)31(22-15-7-2-8-16-22)26(34)32(25)23(29-17-9-3-10-18-29)27-21-13-5-1-6-14-21/h1-2,5-8,13-16H,3-4,9-12,17-20H2. The van der Waals surface area contributed by atoms with E-state index in [2.05, 4.69) is 26.5 Å². The normalized spacial score (nSPS) is 17.1. The first-order valence-electron chi connectivity index (χ1n) is 12.2. The number of aromatic nitrogens is 3. The number of benzene rings is 2. The van der Waals surface area contributed by atoms with Crippen molar-refractivity contribution in [1.82, 2.24) is 19.0 Å². The number of nitrogens with zero attached hydrogens (tertiary/aromatic N) is 6. The molecule has 3 heterocycles. The van der Waals surface area contributed by atoms with E-state index in [1.54, 1.807) is 0 Å². The summed E-state index contributed by atoms with van der Waals surface area (Å²) in [6.45, 7) is 3.79. The van der Waals surface area contributed by atoms with E-state index in [1.807, 2.05) is 53.1 Å². The summed E-state index contributed by atoms with van der Waals surface area (Å²) in [5.74, 6) is 1.60. The quantitative estimate of drug-likeness (QED) is 0.250. The number of anilines is 1. The fraction of sp³-hybridized carbons (Fsp3) is 0.385. The number of hydrogen-bond donors (Lipinski definition) is 0. The Kier molecular flexibility index (Phi) is 7.16. The molecule has 0 atom stereocenters. The molecule has 2 aliphatic rings. The monoisotopic (exact) mass is 490 g/mol. The molecular weight excluding hydrogens is 460 g/mol. The van der Waals surface area contributed by atoms with Gasteiger partial charge in [-0.25, -0.2) is 9.56 Å². The van der Waals surface area contributed by atoms with E-state index in [9.17, 15) is 0 Å². The fourth-order valence-electron chi connectivity index (χ4n) is 4.71. The highest BCUT2D eigenvalue weighted by Crippen LogP contribution is 2.24. The van der Waals surface area contributed by atoms with Gasteiger partial charge in [-0.2, -0.15) is 4.98 Å². The van der Waals surface area contributed by atoms with Gasteiger partial charge in [0.05, 0.1) is 11.4 Å². The SMILES string of the molecule is S=c1nc(N2CCCCC2)n(-c2ccccc2)c(=S)n1C(=Nc1ccccc1)N1CCCCC1. The molecule has 2 aromatic carbocycles. The van der Waals surface area contributed by atoms with Crippen LogP contribution in [0.4, 0.5) is 11.6 Å². The van der Waals surface area contributed by atoms with E-state index < -0.39 is 0 Å². The molecular formula is C26H30N6S2. The van der Waals surface area contributed by atoms with Crippen LogP contribution in [-0.4, -0.2) is 51.2 Å². The van der Waals surface area contributed by atoms with E-state index in [-0.39, 0.29) is 0 Å². The highest BCUT2D eigenvalue weighted by atomic mass is 32.1. The summed E-state index contributed by atoms with van der Waals surface area (Å²) in [6, 6.07) is 20.3. The highest BCUT2D eigenvalue weighted by molar-refractivity contribution is 7.72. The van der Waals surface area contributed by atoms with Gasteiger partial charge in [-0.3, -0.25) is 4.57 Å². The van der Waals surface area contributed by atoms with Gasteiger partial charge >= 0.3 is 0 Å². The Morgan fingerprint density at radius 1 is 0.735 bits per heavy atom. The molecule has 3 aromatic rings. The molecule has 0 bridgehead atoms. The van der Waals surface area contributed by atoms with Crippen molar-refractivity contribution in [2.24, 2.45) is 4.99 Å². The number of aliphatic imine (C=N–C) groups is 1. The second kappa shape index (κ2) is 10.6. The Bertz CT molecular complexity index is 1250. The lowest BCUT2D eigenvalue weighted by Crippen LogP contribution is -2.42. The van der Waals surface area contributed by atoms with E-state index in [1.165, 1.54) is 12.8 Å². The van der Waals surface area contributed by atoms with Crippen molar-refractivity contribution in [3.05, 3.63) is 70.2 Å². The van der Waals surface area contributed by atoms with Crippen LogP contribution in [0.1, 0.15) is 38.5 Å². The van der Waals surface area contributed by atoms with Gasteiger partial charge in [-0.15, -0.1) is 0 Å². The van der Waals surface area contributed by atoms with Crippen molar-refractivity contribution in [3.63, 3.8) is 0 Å². The number of hydrogen-bond acceptors (Lipinski definition) is 5. The molecule has 0 N–H and O–H groups in total. The van der Waals surface area contributed by atoms with Gasteiger partial charge < -0.3 is 9.80 Å². The summed E-state index contributed by atoms with van der Waals surface area (Å²) in [4.78, 5) is 14.7. The first-order chi connectivity index (χ1) is 16.7. The van der Waals surface area contributed by atoms with Crippen molar-refractivity contribution in [3.8, 4) is 5.69 Å². The molecule has 2 saturated heterocycles. The molecule has 1 aromatic heterocycles. The lowest BCUT2D eigenvalue weighted by atomic mass is 10.1. The smallest absolute Gasteiger partial charge is 0.215 e. The zero-order chi connectivity index (χ0) is 23.3. The van der Waals surface area contributed by atoms with Crippen LogP contribution in [0.25, 0.3) is 5.69 Å². The first kappa shape index (κ1) is 22.9. The van der Waals surface area contributed by atoms with E-state index >= 15 is 0 Å². The Morgan fingerprint density at radius 2 is 1.32 bits per heavy atom. The summed E-state index contributed by atoms with van der Waals surface area (Å²) < 4.78 is 5.02. The lowest BCUT2D eigenvalue weighted by Gasteiger charge is -2.33. The summed E-state index contributed by atoms with van der Waals surface area (Å²) in [5.41, 5.74) is 1.87. The van der Waals surface area contributed by atoms with Gasteiger partial charge in [0.15, 0.2) is 4.77 Å². The number of piperidine rings is 2. The predicted molar refractivity (Wildman–Crippen MR) is 144 cm³/mol. The Hall–Kier alpha value is -2.84. The molecule has 0 amide bonds. The third kappa shape index (κ3) is 4.83.